The second-order valence-electron chi connectivity index (χ2n) is 6.19. The van der Waals surface area contributed by atoms with Gasteiger partial charge in [-0.1, -0.05) is 20.8 Å². The number of benzene rings is 1. The Balaban J connectivity index is 2.38. The van der Waals surface area contributed by atoms with Crippen LogP contribution in [0.2, 0.25) is 0 Å². The SMILES string of the molecule is COc1cc(C(=O)N2CCOCC2)c(F)cc1C(C)(C)C. The quantitative estimate of drug-likeness (QED) is 0.842. The number of nitrogens with zero attached hydrogens (tertiary/aromatic N) is 1. The number of amides is 1. The normalized spacial score (nSPS) is 16.0. The Bertz CT molecular complexity index is 531. The molecule has 21 heavy (non-hydrogen) atoms. The Kier molecular flexibility index (Phi) is 4.52. The van der Waals surface area contributed by atoms with Gasteiger partial charge >= 0.3 is 0 Å². The minimum absolute atomic E-state index is 0.0572. The number of morpholine rings is 1. The van der Waals surface area contributed by atoms with Crippen LogP contribution in [0.3, 0.4) is 0 Å². The Morgan fingerprint density at radius 1 is 1.29 bits per heavy atom. The number of hydrogen-bond donors (Lipinski definition) is 0. The molecule has 0 radical (unpaired) electrons. The summed E-state index contributed by atoms with van der Waals surface area (Å²) < 4.78 is 24.9. The van der Waals surface area contributed by atoms with E-state index < -0.39 is 5.82 Å². The van der Waals surface area contributed by atoms with Crippen LogP contribution in [0.5, 0.6) is 5.75 Å². The first-order chi connectivity index (χ1) is 9.84. The summed E-state index contributed by atoms with van der Waals surface area (Å²) in [5, 5.41) is 0. The summed E-state index contributed by atoms with van der Waals surface area (Å²) >= 11 is 0. The molecule has 1 amide bonds. The van der Waals surface area contributed by atoms with Crippen LogP contribution in [0.1, 0.15) is 36.7 Å². The summed E-state index contributed by atoms with van der Waals surface area (Å²) in [6.07, 6.45) is 0. The zero-order valence-corrected chi connectivity index (χ0v) is 13.0. The van der Waals surface area contributed by atoms with E-state index in [2.05, 4.69) is 0 Å². The summed E-state index contributed by atoms with van der Waals surface area (Å²) in [7, 11) is 1.53. The number of methoxy groups -OCH3 is 1. The fourth-order valence-electron chi connectivity index (χ4n) is 2.41. The highest BCUT2D eigenvalue weighted by Crippen LogP contribution is 2.33. The molecular weight excluding hydrogens is 273 g/mol. The maximum Gasteiger partial charge on any atom is 0.257 e. The molecular formula is C16H22FNO3. The summed E-state index contributed by atoms with van der Waals surface area (Å²) in [6.45, 7) is 7.90. The number of carbonyl (C=O) groups excluding carboxylic acids is 1. The van der Waals surface area contributed by atoms with Crippen molar-refractivity contribution in [3.05, 3.63) is 29.1 Å². The van der Waals surface area contributed by atoms with Crippen molar-refractivity contribution in [2.75, 3.05) is 33.4 Å². The molecule has 0 saturated carbocycles. The van der Waals surface area contributed by atoms with Gasteiger partial charge in [-0.2, -0.15) is 0 Å². The molecule has 0 aliphatic carbocycles. The molecule has 116 valence electrons. The molecule has 0 N–H and O–H groups in total. The second-order valence-corrected chi connectivity index (χ2v) is 6.19. The third-order valence-corrected chi connectivity index (χ3v) is 3.63. The fourth-order valence-corrected chi connectivity index (χ4v) is 2.41. The molecule has 0 bridgehead atoms. The van der Waals surface area contributed by atoms with Crippen molar-refractivity contribution in [3.63, 3.8) is 0 Å². The zero-order chi connectivity index (χ0) is 15.6. The molecule has 0 unspecified atom stereocenters. The van der Waals surface area contributed by atoms with E-state index in [-0.39, 0.29) is 16.9 Å². The van der Waals surface area contributed by atoms with Gasteiger partial charge in [0, 0.05) is 18.7 Å². The van der Waals surface area contributed by atoms with Gasteiger partial charge in [0.15, 0.2) is 0 Å². The molecule has 1 aliphatic heterocycles. The highest BCUT2D eigenvalue weighted by molar-refractivity contribution is 5.95. The lowest BCUT2D eigenvalue weighted by Gasteiger charge is -2.28. The molecule has 1 aromatic carbocycles. The van der Waals surface area contributed by atoms with Crippen LogP contribution in [0, 0.1) is 5.82 Å². The Labute approximate surface area is 124 Å². The maximum atomic E-state index is 14.4. The molecule has 1 heterocycles. The minimum atomic E-state index is -0.503. The van der Waals surface area contributed by atoms with Crippen molar-refractivity contribution in [2.45, 2.75) is 26.2 Å². The van der Waals surface area contributed by atoms with Gasteiger partial charge in [0.1, 0.15) is 11.6 Å². The van der Waals surface area contributed by atoms with E-state index in [9.17, 15) is 9.18 Å². The van der Waals surface area contributed by atoms with Crippen molar-refractivity contribution < 1.29 is 18.7 Å². The van der Waals surface area contributed by atoms with Gasteiger partial charge < -0.3 is 14.4 Å². The van der Waals surface area contributed by atoms with Crippen molar-refractivity contribution in [1.29, 1.82) is 0 Å². The zero-order valence-electron chi connectivity index (χ0n) is 13.0. The number of hydrogen-bond acceptors (Lipinski definition) is 3. The monoisotopic (exact) mass is 295 g/mol. The average Bonchev–Trinajstić information content (AvgIpc) is 2.46. The van der Waals surface area contributed by atoms with Gasteiger partial charge in [-0.3, -0.25) is 4.79 Å². The number of ether oxygens (including phenoxy) is 2. The highest BCUT2D eigenvalue weighted by atomic mass is 19.1. The standard InChI is InChI=1S/C16H22FNO3/c1-16(2,3)12-10-13(17)11(9-14(12)20-4)15(19)18-5-7-21-8-6-18/h9-10H,5-8H2,1-4H3. The summed E-state index contributed by atoms with van der Waals surface area (Å²) in [6, 6.07) is 2.92. The third-order valence-electron chi connectivity index (χ3n) is 3.63. The van der Waals surface area contributed by atoms with E-state index in [0.29, 0.717) is 32.1 Å². The topological polar surface area (TPSA) is 38.8 Å². The summed E-state index contributed by atoms with van der Waals surface area (Å²) in [5.41, 5.74) is 0.551. The van der Waals surface area contributed by atoms with Gasteiger partial charge in [0.05, 0.1) is 25.9 Å². The van der Waals surface area contributed by atoms with Crippen molar-refractivity contribution >= 4 is 5.91 Å². The number of carbonyl (C=O) groups is 1. The van der Waals surface area contributed by atoms with Gasteiger partial charge in [-0.05, 0) is 17.5 Å². The van der Waals surface area contributed by atoms with Gasteiger partial charge in [0.25, 0.3) is 5.91 Å². The van der Waals surface area contributed by atoms with E-state index in [1.165, 1.54) is 19.2 Å². The van der Waals surface area contributed by atoms with Crippen molar-refractivity contribution in [2.24, 2.45) is 0 Å². The van der Waals surface area contributed by atoms with E-state index in [1.54, 1.807) is 4.90 Å². The molecule has 0 aromatic heterocycles. The lowest BCUT2D eigenvalue weighted by Crippen LogP contribution is -2.41. The highest BCUT2D eigenvalue weighted by Gasteiger charge is 2.26. The lowest BCUT2D eigenvalue weighted by atomic mass is 9.85. The third kappa shape index (κ3) is 3.35. The van der Waals surface area contributed by atoms with Crippen LogP contribution < -0.4 is 4.74 Å². The van der Waals surface area contributed by atoms with Crippen molar-refractivity contribution in [1.82, 2.24) is 4.90 Å². The lowest BCUT2D eigenvalue weighted by molar-refractivity contribution is 0.0299. The average molecular weight is 295 g/mol. The van der Waals surface area contributed by atoms with Crippen LogP contribution in [0.4, 0.5) is 4.39 Å². The van der Waals surface area contributed by atoms with Gasteiger partial charge in [-0.15, -0.1) is 0 Å². The number of rotatable bonds is 2. The first-order valence-electron chi connectivity index (χ1n) is 7.09. The first kappa shape index (κ1) is 15.8. The Morgan fingerprint density at radius 3 is 2.43 bits per heavy atom. The van der Waals surface area contributed by atoms with Gasteiger partial charge in [-0.25, -0.2) is 4.39 Å². The van der Waals surface area contributed by atoms with E-state index >= 15 is 0 Å². The molecule has 4 nitrogen and oxygen atoms in total. The Hall–Kier alpha value is -1.62. The molecule has 1 aliphatic rings. The van der Waals surface area contributed by atoms with Gasteiger partial charge in [0.2, 0.25) is 0 Å². The molecule has 1 fully saturated rings. The predicted octanol–water partition coefficient (Wildman–Crippen LogP) is 2.60. The molecule has 0 atom stereocenters. The fraction of sp³-hybridized carbons (Fsp3) is 0.562. The molecule has 2 rings (SSSR count). The minimum Gasteiger partial charge on any atom is -0.496 e. The second kappa shape index (κ2) is 6.02. The molecule has 1 aromatic rings. The first-order valence-corrected chi connectivity index (χ1v) is 7.09. The van der Waals surface area contributed by atoms with Crippen LogP contribution in [0.15, 0.2) is 12.1 Å². The van der Waals surface area contributed by atoms with Crippen LogP contribution in [-0.4, -0.2) is 44.2 Å². The predicted molar refractivity (Wildman–Crippen MR) is 78.4 cm³/mol. The van der Waals surface area contributed by atoms with Crippen LogP contribution in [0.25, 0.3) is 0 Å². The Morgan fingerprint density at radius 2 is 1.90 bits per heavy atom. The summed E-state index contributed by atoms with van der Waals surface area (Å²) in [5.74, 6) is -0.271. The van der Waals surface area contributed by atoms with Crippen LogP contribution in [-0.2, 0) is 10.2 Å². The van der Waals surface area contributed by atoms with Crippen LogP contribution >= 0.6 is 0 Å². The van der Waals surface area contributed by atoms with E-state index in [0.717, 1.165) is 5.56 Å². The summed E-state index contributed by atoms with van der Waals surface area (Å²) in [4.78, 5) is 14.0. The smallest absolute Gasteiger partial charge is 0.257 e. The molecule has 1 saturated heterocycles. The largest absolute Gasteiger partial charge is 0.496 e. The number of halogens is 1. The van der Waals surface area contributed by atoms with E-state index in [4.69, 9.17) is 9.47 Å². The molecule has 0 spiro atoms. The maximum absolute atomic E-state index is 14.4. The van der Waals surface area contributed by atoms with E-state index in [1.807, 2.05) is 20.8 Å². The molecule has 5 heteroatoms. The van der Waals surface area contributed by atoms with Crippen molar-refractivity contribution in [3.8, 4) is 5.75 Å².